The SMILES string of the molecule is C#CCNC(C(=O)OCC)C1CC=CCC1. The number of rotatable bonds is 5. The summed E-state index contributed by atoms with van der Waals surface area (Å²) in [7, 11) is 0. The largest absolute Gasteiger partial charge is 0.465 e. The van der Waals surface area contributed by atoms with E-state index in [4.69, 9.17) is 11.2 Å². The van der Waals surface area contributed by atoms with Crippen LogP contribution in [0.4, 0.5) is 0 Å². The lowest BCUT2D eigenvalue weighted by Crippen LogP contribution is -2.44. The molecule has 0 heterocycles. The van der Waals surface area contributed by atoms with Crippen molar-refractivity contribution < 1.29 is 9.53 Å². The van der Waals surface area contributed by atoms with Crippen molar-refractivity contribution in [3.05, 3.63) is 12.2 Å². The van der Waals surface area contributed by atoms with Gasteiger partial charge in [-0.2, -0.15) is 0 Å². The van der Waals surface area contributed by atoms with Crippen molar-refractivity contribution in [2.75, 3.05) is 13.2 Å². The molecule has 16 heavy (non-hydrogen) atoms. The lowest BCUT2D eigenvalue weighted by atomic mass is 9.87. The summed E-state index contributed by atoms with van der Waals surface area (Å²) in [5.74, 6) is 2.62. The Morgan fingerprint density at radius 2 is 2.50 bits per heavy atom. The number of carbonyl (C=O) groups excluding carboxylic acids is 1. The molecule has 3 nitrogen and oxygen atoms in total. The molecule has 0 fully saturated rings. The summed E-state index contributed by atoms with van der Waals surface area (Å²) in [6.45, 7) is 2.64. The van der Waals surface area contributed by atoms with Crippen LogP contribution >= 0.6 is 0 Å². The average molecular weight is 221 g/mol. The maximum Gasteiger partial charge on any atom is 0.323 e. The molecule has 3 heteroatoms. The lowest BCUT2D eigenvalue weighted by molar-refractivity contribution is -0.147. The van der Waals surface area contributed by atoms with Crippen molar-refractivity contribution in [2.45, 2.75) is 32.2 Å². The first-order chi connectivity index (χ1) is 7.79. The summed E-state index contributed by atoms with van der Waals surface area (Å²) >= 11 is 0. The van der Waals surface area contributed by atoms with Gasteiger partial charge in [0.15, 0.2) is 0 Å². The van der Waals surface area contributed by atoms with Crippen LogP contribution in [0.15, 0.2) is 12.2 Å². The third kappa shape index (κ3) is 3.71. The van der Waals surface area contributed by atoms with Gasteiger partial charge in [0.2, 0.25) is 0 Å². The van der Waals surface area contributed by atoms with E-state index in [1.807, 2.05) is 6.92 Å². The predicted molar refractivity (Wildman–Crippen MR) is 63.7 cm³/mol. The Balaban J connectivity index is 2.58. The minimum Gasteiger partial charge on any atom is -0.465 e. The number of nitrogens with one attached hydrogen (secondary N) is 1. The molecular weight excluding hydrogens is 202 g/mol. The van der Waals surface area contributed by atoms with Crippen LogP contribution in [0.3, 0.4) is 0 Å². The van der Waals surface area contributed by atoms with E-state index in [1.165, 1.54) is 0 Å². The second-order valence-corrected chi connectivity index (χ2v) is 3.86. The van der Waals surface area contributed by atoms with Crippen molar-refractivity contribution in [3.63, 3.8) is 0 Å². The summed E-state index contributed by atoms with van der Waals surface area (Å²) < 4.78 is 5.06. The van der Waals surface area contributed by atoms with Crippen LogP contribution in [0.5, 0.6) is 0 Å². The topological polar surface area (TPSA) is 38.3 Å². The van der Waals surface area contributed by atoms with Gasteiger partial charge in [-0.05, 0) is 32.1 Å². The monoisotopic (exact) mass is 221 g/mol. The molecule has 0 aliphatic heterocycles. The highest BCUT2D eigenvalue weighted by Gasteiger charge is 2.28. The Morgan fingerprint density at radius 1 is 1.69 bits per heavy atom. The van der Waals surface area contributed by atoms with Crippen LogP contribution in [-0.2, 0) is 9.53 Å². The van der Waals surface area contributed by atoms with E-state index >= 15 is 0 Å². The molecule has 2 atom stereocenters. The summed E-state index contributed by atoms with van der Waals surface area (Å²) in [6.07, 6.45) is 12.4. The molecule has 2 unspecified atom stereocenters. The molecule has 88 valence electrons. The smallest absolute Gasteiger partial charge is 0.323 e. The molecule has 0 spiro atoms. The number of terminal acetylenes is 1. The Labute approximate surface area is 97.2 Å². The fourth-order valence-corrected chi connectivity index (χ4v) is 1.96. The van der Waals surface area contributed by atoms with E-state index in [0.717, 1.165) is 19.3 Å². The summed E-state index contributed by atoms with van der Waals surface area (Å²) in [5.41, 5.74) is 0. The second-order valence-electron chi connectivity index (χ2n) is 3.86. The number of hydrogen-bond donors (Lipinski definition) is 1. The van der Waals surface area contributed by atoms with E-state index < -0.39 is 0 Å². The normalized spacial score (nSPS) is 21.1. The minimum atomic E-state index is -0.263. The van der Waals surface area contributed by atoms with E-state index in [2.05, 4.69) is 23.4 Å². The molecule has 1 aliphatic carbocycles. The third-order valence-corrected chi connectivity index (χ3v) is 2.75. The second kappa shape index (κ2) is 7.08. The van der Waals surface area contributed by atoms with Gasteiger partial charge in [0.1, 0.15) is 6.04 Å². The molecule has 1 N–H and O–H groups in total. The average Bonchev–Trinajstić information content (AvgIpc) is 2.31. The van der Waals surface area contributed by atoms with Crippen LogP contribution in [0.25, 0.3) is 0 Å². The zero-order valence-electron chi connectivity index (χ0n) is 9.74. The van der Waals surface area contributed by atoms with Gasteiger partial charge in [-0.1, -0.05) is 18.1 Å². The molecule has 0 aromatic rings. The zero-order valence-corrected chi connectivity index (χ0v) is 9.74. The fourth-order valence-electron chi connectivity index (χ4n) is 1.96. The number of esters is 1. The van der Waals surface area contributed by atoms with Crippen molar-refractivity contribution in [1.82, 2.24) is 5.32 Å². The van der Waals surface area contributed by atoms with Crippen LogP contribution in [0, 0.1) is 18.3 Å². The molecule has 0 saturated carbocycles. The first-order valence-electron chi connectivity index (χ1n) is 5.78. The summed E-state index contributed by atoms with van der Waals surface area (Å²) in [4.78, 5) is 11.8. The Bertz CT molecular complexity index is 291. The molecule has 1 rings (SSSR count). The highest BCUT2D eigenvalue weighted by Crippen LogP contribution is 2.22. The number of ether oxygens (including phenoxy) is 1. The third-order valence-electron chi connectivity index (χ3n) is 2.75. The van der Waals surface area contributed by atoms with Gasteiger partial charge in [-0.15, -0.1) is 6.42 Å². The van der Waals surface area contributed by atoms with Gasteiger partial charge in [0.25, 0.3) is 0 Å². The molecular formula is C13H19NO2. The predicted octanol–water partition coefficient (Wildman–Crippen LogP) is 1.50. The van der Waals surface area contributed by atoms with Crippen molar-refractivity contribution in [3.8, 4) is 12.3 Å². The van der Waals surface area contributed by atoms with Gasteiger partial charge < -0.3 is 4.74 Å². The number of hydrogen-bond acceptors (Lipinski definition) is 3. The van der Waals surface area contributed by atoms with Gasteiger partial charge in [-0.3, -0.25) is 10.1 Å². The van der Waals surface area contributed by atoms with E-state index in [9.17, 15) is 4.79 Å². The molecule has 0 saturated heterocycles. The molecule has 0 radical (unpaired) electrons. The number of allylic oxidation sites excluding steroid dienone is 2. The van der Waals surface area contributed by atoms with Crippen molar-refractivity contribution in [1.29, 1.82) is 0 Å². The van der Waals surface area contributed by atoms with Gasteiger partial charge in [0.05, 0.1) is 13.2 Å². The Morgan fingerprint density at radius 3 is 3.06 bits per heavy atom. The van der Waals surface area contributed by atoms with E-state index in [1.54, 1.807) is 0 Å². The first kappa shape index (κ1) is 12.8. The molecule has 0 bridgehead atoms. The maximum absolute atomic E-state index is 11.8. The Kier molecular flexibility index (Phi) is 5.66. The maximum atomic E-state index is 11.8. The van der Waals surface area contributed by atoms with E-state index in [-0.39, 0.29) is 12.0 Å². The number of carbonyl (C=O) groups is 1. The highest BCUT2D eigenvalue weighted by atomic mass is 16.5. The quantitative estimate of drug-likeness (QED) is 0.434. The van der Waals surface area contributed by atoms with Crippen LogP contribution < -0.4 is 5.32 Å². The van der Waals surface area contributed by atoms with E-state index in [0.29, 0.717) is 19.1 Å². The lowest BCUT2D eigenvalue weighted by Gasteiger charge is -2.26. The van der Waals surface area contributed by atoms with Crippen molar-refractivity contribution in [2.24, 2.45) is 5.92 Å². The molecule has 0 aromatic heterocycles. The van der Waals surface area contributed by atoms with Gasteiger partial charge in [-0.25, -0.2) is 0 Å². The van der Waals surface area contributed by atoms with Crippen LogP contribution in [0.1, 0.15) is 26.2 Å². The first-order valence-corrected chi connectivity index (χ1v) is 5.78. The standard InChI is InChI=1S/C13H19NO2/c1-3-10-14-12(13(15)16-4-2)11-8-6-5-7-9-11/h1,5-6,11-12,14H,4,7-10H2,2H3. The van der Waals surface area contributed by atoms with Crippen molar-refractivity contribution >= 4 is 5.97 Å². The van der Waals surface area contributed by atoms with Gasteiger partial charge >= 0.3 is 5.97 Å². The van der Waals surface area contributed by atoms with Crippen LogP contribution in [-0.4, -0.2) is 25.2 Å². The molecule has 0 amide bonds. The highest BCUT2D eigenvalue weighted by molar-refractivity contribution is 5.76. The van der Waals surface area contributed by atoms with Crippen LogP contribution in [0.2, 0.25) is 0 Å². The summed E-state index contributed by atoms with van der Waals surface area (Å²) in [6, 6.07) is -0.263. The molecule has 0 aromatic carbocycles. The Hall–Kier alpha value is -1.27. The van der Waals surface area contributed by atoms with Gasteiger partial charge in [0, 0.05) is 0 Å². The zero-order chi connectivity index (χ0) is 11.8. The minimum absolute atomic E-state index is 0.182. The summed E-state index contributed by atoms with van der Waals surface area (Å²) in [5, 5.41) is 3.08. The fraction of sp³-hybridized carbons (Fsp3) is 0.615. The molecule has 1 aliphatic rings.